The van der Waals surface area contributed by atoms with E-state index in [0.29, 0.717) is 37.6 Å². The number of carbonyl (C=O) groups excluding carboxylic acids is 1. The standard InChI is InChI=1S/C12H17N3O3/c1-3-4-10(16)14-5-6-15-8(2)13-11(12(17)18)9(15)7-14/h3-7H2,1-2H3,(H,17,18). The van der Waals surface area contributed by atoms with Crippen molar-refractivity contribution in [1.82, 2.24) is 14.5 Å². The van der Waals surface area contributed by atoms with E-state index in [1.807, 2.05) is 11.5 Å². The molecular weight excluding hydrogens is 234 g/mol. The van der Waals surface area contributed by atoms with Gasteiger partial charge in [-0.3, -0.25) is 4.79 Å². The fourth-order valence-corrected chi connectivity index (χ4v) is 2.30. The number of carboxylic acids is 1. The van der Waals surface area contributed by atoms with Gasteiger partial charge in [-0.2, -0.15) is 0 Å². The number of carboxylic acid groups (broad SMARTS) is 1. The highest BCUT2D eigenvalue weighted by molar-refractivity contribution is 5.87. The smallest absolute Gasteiger partial charge is 0.356 e. The summed E-state index contributed by atoms with van der Waals surface area (Å²) in [5.41, 5.74) is 0.706. The molecule has 0 bridgehead atoms. The number of hydrogen-bond acceptors (Lipinski definition) is 3. The summed E-state index contributed by atoms with van der Waals surface area (Å²) in [5.74, 6) is -0.249. The van der Waals surface area contributed by atoms with Gasteiger partial charge in [0.15, 0.2) is 5.69 Å². The number of aromatic nitrogens is 2. The van der Waals surface area contributed by atoms with Crippen molar-refractivity contribution in [2.24, 2.45) is 0 Å². The second-order valence-electron chi connectivity index (χ2n) is 4.48. The molecular formula is C12H17N3O3. The van der Waals surface area contributed by atoms with Gasteiger partial charge in [-0.25, -0.2) is 9.78 Å². The SMILES string of the molecule is CCCC(=O)N1CCn2c(C)nc(C(=O)O)c2C1. The van der Waals surface area contributed by atoms with E-state index in [9.17, 15) is 9.59 Å². The Morgan fingerprint density at radius 3 is 2.72 bits per heavy atom. The second kappa shape index (κ2) is 4.80. The number of aromatic carboxylic acids is 1. The number of imidazole rings is 1. The summed E-state index contributed by atoms with van der Waals surface area (Å²) >= 11 is 0. The van der Waals surface area contributed by atoms with E-state index in [4.69, 9.17) is 5.11 Å². The molecule has 0 saturated heterocycles. The third-order valence-corrected chi connectivity index (χ3v) is 3.22. The van der Waals surface area contributed by atoms with Crippen molar-refractivity contribution in [3.05, 3.63) is 17.2 Å². The van der Waals surface area contributed by atoms with Crippen molar-refractivity contribution >= 4 is 11.9 Å². The molecule has 98 valence electrons. The van der Waals surface area contributed by atoms with Crippen LogP contribution in [0.1, 0.15) is 41.8 Å². The van der Waals surface area contributed by atoms with Gasteiger partial charge >= 0.3 is 5.97 Å². The topological polar surface area (TPSA) is 75.4 Å². The Balaban J connectivity index is 2.27. The number of amides is 1. The number of aryl methyl sites for hydroxylation is 1. The van der Waals surface area contributed by atoms with Crippen molar-refractivity contribution < 1.29 is 14.7 Å². The third-order valence-electron chi connectivity index (χ3n) is 3.22. The van der Waals surface area contributed by atoms with Gasteiger partial charge in [-0.15, -0.1) is 0 Å². The van der Waals surface area contributed by atoms with E-state index in [-0.39, 0.29) is 11.6 Å². The Hall–Kier alpha value is -1.85. The maximum absolute atomic E-state index is 11.8. The molecule has 6 nitrogen and oxygen atoms in total. The Morgan fingerprint density at radius 2 is 2.11 bits per heavy atom. The highest BCUT2D eigenvalue weighted by atomic mass is 16.4. The lowest BCUT2D eigenvalue weighted by atomic mass is 10.2. The first-order chi connectivity index (χ1) is 8.54. The Labute approximate surface area is 105 Å². The number of nitrogens with zero attached hydrogens (tertiary/aromatic N) is 3. The zero-order valence-electron chi connectivity index (χ0n) is 10.6. The van der Waals surface area contributed by atoms with E-state index < -0.39 is 5.97 Å². The van der Waals surface area contributed by atoms with Crippen molar-refractivity contribution in [2.75, 3.05) is 6.54 Å². The lowest BCUT2D eigenvalue weighted by molar-refractivity contribution is -0.132. The predicted octanol–water partition coefficient (Wildman–Crippen LogP) is 1.03. The molecule has 0 saturated carbocycles. The van der Waals surface area contributed by atoms with Gasteiger partial charge in [0, 0.05) is 19.5 Å². The van der Waals surface area contributed by atoms with Crippen molar-refractivity contribution in [3.8, 4) is 0 Å². The zero-order chi connectivity index (χ0) is 13.3. The van der Waals surface area contributed by atoms with Gasteiger partial charge in [-0.05, 0) is 13.3 Å². The van der Waals surface area contributed by atoms with Gasteiger partial charge in [-0.1, -0.05) is 6.92 Å². The van der Waals surface area contributed by atoms with Gasteiger partial charge in [0.1, 0.15) is 5.82 Å². The van der Waals surface area contributed by atoms with Crippen molar-refractivity contribution in [2.45, 2.75) is 39.8 Å². The first-order valence-corrected chi connectivity index (χ1v) is 6.11. The maximum atomic E-state index is 11.8. The minimum absolute atomic E-state index is 0.0708. The van der Waals surface area contributed by atoms with Crippen LogP contribution in [0.3, 0.4) is 0 Å². The molecule has 0 fully saturated rings. The predicted molar refractivity (Wildman–Crippen MR) is 64.2 cm³/mol. The molecule has 0 aromatic carbocycles. The van der Waals surface area contributed by atoms with Crippen LogP contribution in [-0.2, 0) is 17.9 Å². The quantitative estimate of drug-likeness (QED) is 0.870. The van der Waals surface area contributed by atoms with Crippen LogP contribution in [0.25, 0.3) is 0 Å². The highest BCUT2D eigenvalue weighted by Crippen LogP contribution is 2.19. The number of rotatable bonds is 3. The van der Waals surface area contributed by atoms with Gasteiger partial charge in [0.2, 0.25) is 5.91 Å². The Morgan fingerprint density at radius 1 is 1.39 bits per heavy atom. The van der Waals surface area contributed by atoms with Crippen LogP contribution >= 0.6 is 0 Å². The molecule has 1 aliphatic heterocycles. The molecule has 2 rings (SSSR count). The van der Waals surface area contributed by atoms with E-state index in [1.165, 1.54) is 0 Å². The molecule has 0 spiro atoms. The highest BCUT2D eigenvalue weighted by Gasteiger charge is 2.27. The van der Waals surface area contributed by atoms with Gasteiger partial charge < -0.3 is 14.6 Å². The summed E-state index contributed by atoms with van der Waals surface area (Å²) in [5, 5.41) is 9.10. The monoisotopic (exact) mass is 251 g/mol. The van der Waals surface area contributed by atoms with Crippen LogP contribution in [-0.4, -0.2) is 38.0 Å². The summed E-state index contributed by atoms with van der Waals surface area (Å²) in [7, 11) is 0. The van der Waals surface area contributed by atoms with Crippen molar-refractivity contribution in [1.29, 1.82) is 0 Å². The maximum Gasteiger partial charge on any atom is 0.356 e. The lowest BCUT2D eigenvalue weighted by Gasteiger charge is -2.29. The zero-order valence-corrected chi connectivity index (χ0v) is 10.6. The van der Waals surface area contributed by atoms with E-state index in [0.717, 1.165) is 6.42 Å². The van der Waals surface area contributed by atoms with Gasteiger partial charge in [0.25, 0.3) is 0 Å². The Bertz CT molecular complexity index is 493. The van der Waals surface area contributed by atoms with Crippen LogP contribution < -0.4 is 0 Å². The largest absolute Gasteiger partial charge is 0.476 e. The van der Waals surface area contributed by atoms with E-state index >= 15 is 0 Å². The van der Waals surface area contributed by atoms with Crippen molar-refractivity contribution in [3.63, 3.8) is 0 Å². The molecule has 1 aromatic heterocycles. The molecule has 1 aromatic rings. The molecule has 18 heavy (non-hydrogen) atoms. The molecule has 0 unspecified atom stereocenters. The average Bonchev–Trinajstić information content (AvgIpc) is 2.67. The van der Waals surface area contributed by atoms with Crippen LogP contribution in [0.15, 0.2) is 0 Å². The molecule has 1 N–H and O–H groups in total. The first-order valence-electron chi connectivity index (χ1n) is 6.11. The molecule has 1 amide bonds. The van der Waals surface area contributed by atoms with Gasteiger partial charge in [0.05, 0.1) is 12.2 Å². The van der Waals surface area contributed by atoms with Crippen LogP contribution in [0, 0.1) is 6.92 Å². The molecule has 0 aliphatic carbocycles. The molecule has 6 heteroatoms. The number of fused-ring (bicyclic) bond motifs is 1. The van der Waals surface area contributed by atoms with Crippen LogP contribution in [0.4, 0.5) is 0 Å². The first kappa shape index (κ1) is 12.6. The summed E-state index contributed by atoms with van der Waals surface area (Å²) in [6, 6.07) is 0. The normalized spacial score (nSPS) is 14.4. The average molecular weight is 251 g/mol. The van der Waals surface area contributed by atoms with Crippen LogP contribution in [0.5, 0.6) is 0 Å². The lowest BCUT2D eigenvalue weighted by Crippen LogP contribution is -2.38. The molecule has 1 aliphatic rings. The molecule has 2 heterocycles. The molecule has 0 radical (unpaired) electrons. The third kappa shape index (κ3) is 2.10. The second-order valence-corrected chi connectivity index (χ2v) is 4.48. The minimum atomic E-state index is -1.03. The number of hydrogen-bond donors (Lipinski definition) is 1. The van der Waals surface area contributed by atoms with E-state index in [2.05, 4.69) is 4.98 Å². The summed E-state index contributed by atoms with van der Waals surface area (Å²) < 4.78 is 1.89. The fourth-order valence-electron chi connectivity index (χ4n) is 2.30. The Kier molecular flexibility index (Phi) is 3.36. The summed E-state index contributed by atoms with van der Waals surface area (Å²) in [4.78, 5) is 28.7. The number of carbonyl (C=O) groups is 2. The molecule has 0 atom stereocenters. The summed E-state index contributed by atoms with van der Waals surface area (Å²) in [6.07, 6.45) is 1.31. The van der Waals surface area contributed by atoms with E-state index in [1.54, 1.807) is 11.8 Å². The summed E-state index contributed by atoms with van der Waals surface area (Å²) in [6.45, 7) is 5.35. The van der Waals surface area contributed by atoms with Crippen LogP contribution in [0.2, 0.25) is 0 Å². The fraction of sp³-hybridized carbons (Fsp3) is 0.583. The minimum Gasteiger partial charge on any atom is -0.476 e.